The normalized spacial score (nSPS) is 24.7. The standard InChI is InChI=1S/C10H10BrNO2/c1-5-2-8(10(13)14)9-7(5)3-6(11)4-12-9/h3-5,8H,2H2,1H3,(H,13,14). The van der Waals surface area contributed by atoms with Gasteiger partial charge in [-0.2, -0.15) is 0 Å². The highest BCUT2D eigenvalue weighted by atomic mass is 79.9. The van der Waals surface area contributed by atoms with Gasteiger partial charge in [0.25, 0.3) is 0 Å². The van der Waals surface area contributed by atoms with Gasteiger partial charge in [0, 0.05) is 10.7 Å². The molecule has 1 aliphatic carbocycles. The lowest BCUT2D eigenvalue weighted by atomic mass is 10.0. The molecule has 4 heteroatoms. The average Bonchev–Trinajstić information content (AvgIpc) is 2.44. The number of fused-ring (bicyclic) bond motifs is 1. The minimum absolute atomic E-state index is 0.288. The van der Waals surface area contributed by atoms with E-state index in [0.717, 1.165) is 15.7 Å². The van der Waals surface area contributed by atoms with Crippen molar-refractivity contribution in [2.24, 2.45) is 0 Å². The van der Waals surface area contributed by atoms with Crippen LogP contribution in [0.25, 0.3) is 0 Å². The molecule has 0 aliphatic heterocycles. The van der Waals surface area contributed by atoms with Crippen LogP contribution in [0.15, 0.2) is 16.7 Å². The minimum Gasteiger partial charge on any atom is -0.481 e. The van der Waals surface area contributed by atoms with Crippen molar-refractivity contribution in [3.8, 4) is 0 Å². The van der Waals surface area contributed by atoms with Crippen molar-refractivity contribution in [3.63, 3.8) is 0 Å². The number of hydrogen-bond donors (Lipinski definition) is 1. The zero-order valence-electron chi connectivity index (χ0n) is 7.70. The van der Waals surface area contributed by atoms with E-state index in [0.29, 0.717) is 6.42 Å². The Morgan fingerprint density at radius 1 is 1.71 bits per heavy atom. The van der Waals surface area contributed by atoms with Crippen molar-refractivity contribution in [1.29, 1.82) is 0 Å². The van der Waals surface area contributed by atoms with Crippen molar-refractivity contribution in [2.75, 3.05) is 0 Å². The van der Waals surface area contributed by atoms with E-state index in [1.54, 1.807) is 6.20 Å². The van der Waals surface area contributed by atoms with Gasteiger partial charge in [0.2, 0.25) is 0 Å². The van der Waals surface area contributed by atoms with Crippen molar-refractivity contribution in [2.45, 2.75) is 25.2 Å². The molecule has 1 N–H and O–H groups in total. The fourth-order valence-electron chi connectivity index (χ4n) is 1.96. The topological polar surface area (TPSA) is 50.2 Å². The van der Waals surface area contributed by atoms with Crippen LogP contribution in [0.3, 0.4) is 0 Å². The molecule has 0 spiro atoms. The number of hydrogen-bond acceptors (Lipinski definition) is 2. The molecule has 0 radical (unpaired) electrons. The first-order valence-electron chi connectivity index (χ1n) is 4.47. The molecule has 1 aliphatic rings. The van der Waals surface area contributed by atoms with Crippen LogP contribution >= 0.6 is 15.9 Å². The summed E-state index contributed by atoms with van der Waals surface area (Å²) in [5, 5.41) is 9.00. The molecule has 0 aromatic carbocycles. The monoisotopic (exact) mass is 255 g/mol. The first-order chi connectivity index (χ1) is 6.59. The molecule has 0 saturated carbocycles. The lowest BCUT2D eigenvalue weighted by Crippen LogP contribution is -2.09. The van der Waals surface area contributed by atoms with Gasteiger partial charge in [0.15, 0.2) is 0 Å². The maximum absolute atomic E-state index is 10.9. The molecule has 2 unspecified atom stereocenters. The Morgan fingerprint density at radius 2 is 2.43 bits per heavy atom. The smallest absolute Gasteiger partial charge is 0.312 e. The molecule has 2 atom stereocenters. The van der Waals surface area contributed by atoms with E-state index >= 15 is 0 Å². The van der Waals surface area contributed by atoms with Crippen LogP contribution in [0.5, 0.6) is 0 Å². The number of nitrogens with zero attached hydrogens (tertiary/aromatic N) is 1. The van der Waals surface area contributed by atoms with Crippen LogP contribution in [0, 0.1) is 0 Å². The summed E-state index contributed by atoms with van der Waals surface area (Å²) in [7, 11) is 0. The van der Waals surface area contributed by atoms with E-state index in [-0.39, 0.29) is 5.92 Å². The van der Waals surface area contributed by atoms with E-state index in [4.69, 9.17) is 5.11 Å². The number of halogens is 1. The SMILES string of the molecule is CC1CC(C(=O)O)c2ncc(Br)cc21. The third-order valence-corrected chi connectivity index (χ3v) is 3.10. The van der Waals surface area contributed by atoms with Crippen molar-refractivity contribution in [1.82, 2.24) is 4.98 Å². The minimum atomic E-state index is -0.773. The van der Waals surface area contributed by atoms with E-state index in [1.807, 2.05) is 13.0 Å². The third-order valence-electron chi connectivity index (χ3n) is 2.66. The van der Waals surface area contributed by atoms with Gasteiger partial charge in [-0.3, -0.25) is 9.78 Å². The lowest BCUT2D eigenvalue weighted by molar-refractivity contribution is -0.138. The molecule has 1 heterocycles. The van der Waals surface area contributed by atoms with Crippen LogP contribution in [-0.2, 0) is 4.79 Å². The van der Waals surface area contributed by atoms with Crippen LogP contribution in [0.1, 0.15) is 36.4 Å². The van der Waals surface area contributed by atoms with E-state index in [2.05, 4.69) is 20.9 Å². The van der Waals surface area contributed by atoms with E-state index < -0.39 is 11.9 Å². The van der Waals surface area contributed by atoms with Gasteiger partial charge in [0.05, 0.1) is 11.6 Å². The lowest BCUT2D eigenvalue weighted by Gasteiger charge is -2.03. The summed E-state index contributed by atoms with van der Waals surface area (Å²) >= 11 is 3.34. The predicted octanol–water partition coefficient (Wildman–Crippen LogP) is 2.52. The summed E-state index contributed by atoms with van der Waals surface area (Å²) in [5.74, 6) is -0.908. The number of aromatic nitrogens is 1. The Balaban J connectivity index is 2.49. The molecule has 0 saturated heterocycles. The molecule has 3 nitrogen and oxygen atoms in total. The number of aliphatic carboxylic acids is 1. The molecule has 1 aromatic heterocycles. The summed E-state index contributed by atoms with van der Waals surface area (Å²) in [6.07, 6.45) is 2.32. The molecular formula is C10H10BrNO2. The third kappa shape index (κ3) is 1.43. The number of pyridine rings is 1. The molecule has 2 rings (SSSR count). The molecule has 0 amide bonds. The fourth-order valence-corrected chi connectivity index (χ4v) is 2.31. The second-order valence-electron chi connectivity index (χ2n) is 3.66. The maximum atomic E-state index is 10.9. The van der Waals surface area contributed by atoms with Crippen molar-refractivity contribution >= 4 is 21.9 Å². The molecule has 14 heavy (non-hydrogen) atoms. The van der Waals surface area contributed by atoms with Crippen LogP contribution in [-0.4, -0.2) is 16.1 Å². The first kappa shape index (κ1) is 9.65. The number of carboxylic acids is 1. The summed E-state index contributed by atoms with van der Waals surface area (Å²) in [5.41, 5.74) is 1.79. The molecule has 74 valence electrons. The fraction of sp³-hybridized carbons (Fsp3) is 0.400. The number of carbonyl (C=O) groups is 1. The van der Waals surface area contributed by atoms with Crippen LogP contribution in [0.4, 0.5) is 0 Å². The summed E-state index contributed by atoms with van der Waals surface area (Å²) < 4.78 is 0.911. The van der Waals surface area contributed by atoms with Crippen molar-refractivity contribution < 1.29 is 9.90 Å². The highest BCUT2D eigenvalue weighted by Gasteiger charge is 2.34. The first-order valence-corrected chi connectivity index (χ1v) is 5.27. The van der Waals surface area contributed by atoms with Crippen molar-refractivity contribution in [3.05, 3.63) is 28.0 Å². The van der Waals surface area contributed by atoms with E-state index in [9.17, 15) is 4.79 Å². The zero-order valence-corrected chi connectivity index (χ0v) is 9.28. The largest absolute Gasteiger partial charge is 0.481 e. The average molecular weight is 256 g/mol. The summed E-state index contributed by atoms with van der Waals surface area (Å²) in [6, 6.07) is 1.97. The Labute approximate surface area is 90.3 Å². The van der Waals surface area contributed by atoms with Gasteiger partial charge in [-0.1, -0.05) is 6.92 Å². The highest BCUT2D eigenvalue weighted by Crippen LogP contribution is 2.41. The highest BCUT2D eigenvalue weighted by molar-refractivity contribution is 9.10. The molecule has 0 bridgehead atoms. The predicted molar refractivity (Wildman–Crippen MR) is 55.3 cm³/mol. The number of carboxylic acid groups (broad SMARTS) is 1. The second kappa shape index (κ2) is 3.35. The molecular weight excluding hydrogens is 246 g/mol. The second-order valence-corrected chi connectivity index (χ2v) is 4.57. The van der Waals surface area contributed by atoms with Gasteiger partial charge in [-0.25, -0.2) is 0 Å². The maximum Gasteiger partial charge on any atom is 0.312 e. The Hall–Kier alpha value is -0.900. The number of rotatable bonds is 1. The summed E-state index contributed by atoms with van der Waals surface area (Å²) in [6.45, 7) is 2.04. The van der Waals surface area contributed by atoms with Gasteiger partial charge < -0.3 is 5.11 Å². The zero-order chi connectivity index (χ0) is 10.3. The summed E-state index contributed by atoms with van der Waals surface area (Å²) in [4.78, 5) is 15.1. The van der Waals surface area contributed by atoms with Crippen LogP contribution in [0.2, 0.25) is 0 Å². The van der Waals surface area contributed by atoms with E-state index in [1.165, 1.54) is 0 Å². The Morgan fingerprint density at radius 3 is 3.07 bits per heavy atom. The van der Waals surface area contributed by atoms with Gasteiger partial charge in [-0.15, -0.1) is 0 Å². The van der Waals surface area contributed by atoms with Crippen LogP contribution < -0.4 is 0 Å². The molecule has 1 aromatic rings. The Kier molecular flexibility index (Phi) is 2.31. The van der Waals surface area contributed by atoms with Gasteiger partial charge >= 0.3 is 5.97 Å². The Bertz CT molecular complexity index is 392. The molecule has 0 fully saturated rings. The quantitative estimate of drug-likeness (QED) is 0.839. The van der Waals surface area contributed by atoms with Gasteiger partial charge in [-0.05, 0) is 39.9 Å². The van der Waals surface area contributed by atoms with Gasteiger partial charge in [0.1, 0.15) is 0 Å².